The molecular formula is C32H36BrOP. The van der Waals surface area contributed by atoms with Gasteiger partial charge in [-0.15, -0.1) is 0 Å². The fraction of sp³-hybridized carbons (Fsp3) is 0.250. The molecule has 0 aliphatic heterocycles. The number of benzene rings is 4. The van der Waals surface area contributed by atoms with E-state index in [0.29, 0.717) is 6.61 Å². The van der Waals surface area contributed by atoms with Crippen molar-refractivity contribution in [3.8, 4) is 0 Å². The second kappa shape index (κ2) is 12.6. The number of ether oxygens (including phenoxy) is 1. The van der Waals surface area contributed by atoms with E-state index in [1.165, 1.54) is 47.2 Å². The summed E-state index contributed by atoms with van der Waals surface area (Å²) in [5.41, 5.74) is 1.25. The van der Waals surface area contributed by atoms with Crippen LogP contribution in [0.2, 0.25) is 0 Å². The van der Waals surface area contributed by atoms with Crippen LogP contribution in [-0.2, 0) is 11.3 Å². The zero-order valence-corrected chi connectivity index (χ0v) is 22.9. The van der Waals surface area contributed by atoms with Crippen molar-refractivity contribution < 1.29 is 4.74 Å². The van der Waals surface area contributed by atoms with Crippen LogP contribution in [0.25, 0.3) is 0 Å². The van der Waals surface area contributed by atoms with Crippen LogP contribution in [0.4, 0.5) is 0 Å². The van der Waals surface area contributed by atoms with Gasteiger partial charge in [0.05, 0.1) is 0 Å². The van der Waals surface area contributed by atoms with Crippen LogP contribution in [0.1, 0.15) is 37.7 Å². The van der Waals surface area contributed by atoms with Gasteiger partial charge in [0.25, 0.3) is 0 Å². The summed E-state index contributed by atoms with van der Waals surface area (Å²) in [5.74, 6) is 0. The number of unbranched alkanes of at least 4 members (excludes halogenated alkanes) is 4. The summed E-state index contributed by atoms with van der Waals surface area (Å²) in [4.78, 5) is 0. The molecule has 4 aromatic rings. The maximum absolute atomic E-state index is 5.87. The molecule has 0 saturated carbocycles. The van der Waals surface area contributed by atoms with Gasteiger partial charge >= 0.3 is 214 Å². The quantitative estimate of drug-likeness (QED) is 0.122. The average molecular weight is 548 g/mol. The fourth-order valence-corrected chi connectivity index (χ4v) is 12.7. The molecule has 0 bridgehead atoms. The summed E-state index contributed by atoms with van der Waals surface area (Å²) in [7, 11) is 0. The Bertz CT molecular complexity index is 1030. The molecule has 3 heteroatoms. The summed E-state index contributed by atoms with van der Waals surface area (Å²) >= 11 is 4.55. The number of rotatable bonds is 13. The Morgan fingerprint density at radius 3 is 1.37 bits per heavy atom. The molecule has 0 unspecified atom stereocenters. The summed E-state index contributed by atoms with van der Waals surface area (Å²) in [5, 5.41) is 1.45. The van der Waals surface area contributed by atoms with Crippen LogP contribution in [0, 0.1) is 0 Å². The Kier molecular flexibility index (Phi) is 9.32. The zero-order valence-electron chi connectivity index (χ0n) is 20.4. The van der Waals surface area contributed by atoms with Crippen molar-refractivity contribution >= 4 is 36.7 Å². The van der Waals surface area contributed by atoms with Crippen molar-refractivity contribution in [1.29, 1.82) is 0 Å². The minimum absolute atomic E-state index is 0.713. The minimum atomic E-state index is -2.77. The Hall–Kier alpha value is -2.25. The Morgan fingerprint density at radius 1 is 0.486 bits per heavy atom. The van der Waals surface area contributed by atoms with Gasteiger partial charge in [-0.3, -0.25) is 0 Å². The van der Waals surface area contributed by atoms with E-state index in [2.05, 4.69) is 131 Å². The molecule has 35 heavy (non-hydrogen) atoms. The predicted octanol–water partition coefficient (Wildman–Crippen LogP) is 7.99. The standard InChI is InChI=1S/C32H36BrOP/c33-35(30-20-10-5-11-21-30,31-22-12-6-13-23-31,32-24-14-7-15-25-32)27-17-3-1-2-16-26-34-28-29-18-8-4-9-19-29/h4-15,18-25H,1-3,16-17,26-28H2. The number of hydrogen-bond acceptors (Lipinski definition) is 1. The molecule has 0 heterocycles. The van der Waals surface area contributed by atoms with Crippen molar-refractivity contribution in [1.82, 2.24) is 0 Å². The summed E-state index contributed by atoms with van der Waals surface area (Å²) in [6, 6.07) is 43.8. The number of halogens is 1. The summed E-state index contributed by atoms with van der Waals surface area (Å²) in [6.45, 7) is 1.55. The third-order valence-corrected chi connectivity index (χ3v) is 16.9. The molecule has 0 N–H and O–H groups in total. The van der Waals surface area contributed by atoms with E-state index in [9.17, 15) is 0 Å². The second-order valence-corrected chi connectivity index (χ2v) is 18.3. The molecule has 0 fully saturated rings. The van der Waals surface area contributed by atoms with Crippen LogP contribution in [-0.4, -0.2) is 12.8 Å². The Balaban J connectivity index is 1.42. The monoisotopic (exact) mass is 546 g/mol. The Labute approximate surface area is 219 Å². The molecule has 182 valence electrons. The summed E-state index contributed by atoms with van der Waals surface area (Å²) < 4.78 is 5.87. The first-order valence-electron chi connectivity index (χ1n) is 12.7. The van der Waals surface area contributed by atoms with E-state index >= 15 is 0 Å². The van der Waals surface area contributed by atoms with Crippen molar-refractivity contribution in [3.63, 3.8) is 0 Å². The van der Waals surface area contributed by atoms with Crippen LogP contribution in [0.3, 0.4) is 0 Å². The first-order chi connectivity index (χ1) is 17.2. The van der Waals surface area contributed by atoms with Gasteiger partial charge in [-0.05, 0) is 0 Å². The van der Waals surface area contributed by atoms with Gasteiger partial charge < -0.3 is 0 Å². The van der Waals surface area contributed by atoms with Crippen LogP contribution in [0.15, 0.2) is 121 Å². The van der Waals surface area contributed by atoms with Crippen molar-refractivity contribution in [2.24, 2.45) is 0 Å². The van der Waals surface area contributed by atoms with Gasteiger partial charge in [0.15, 0.2) is 0 Å². The van der Waals surface area contributed by atoms with Gasteiger partial charge in [0, 0.05) is 0 Å². The van der Waals surface area contributed by atoms with Gasteiger partial charge in [-0.1, -0.05) is 6.07 Å². The molecule has 0 aliphatic rings. The topological polar surface area (TPSA) is 9.23 Å². The molecule has 4 aromatic carbocycles. The SMILES string of the molecule is BrP(CCCCCCCOCc1ccccc1)(c1ccccc1)(c1ccccc1)c1ccccc1. The average Bonchev–Trinajstić information content (AvgIpc) is 2.94. The van der Waals surface area contributed by atoms with Crippen LogP contribution >= 0.6 is 20.8 Å². The van der Waals surface area contributed by atoms with Crippen LogP contribution < -0.4 is 15.9 Å². The predicted molar refractivity (Wildman–Crippen MR) is 158 cm³/mol. The van der Waals surface area contributed by atoms with Crippen molar-refractivity contribution in [2.45, 2.75) is 38.7 Å². The Morgan fingerprint density at radius 2 is 0.886 bits per heavy atom. The van der Waals surface area contributed by atoms with E-state index in [0.717, 1.165) is 19.2 Å². The zero-order chi connectivity index (χ0) is 24.3. The molecule has 4 rings (SSSR count). The van der Waals surface area contributed by atoms with Gasteiger partial charge in [-0.2, -0.15) is 0 Å². The van der Waals surface area contributed by atoms with Gasteiger partial charge in [0.2, 0.25) is 0 Å². The third-order valence-electron chi connectivity index (χ3n) is 6.86. The van der Waals surface area contributed by atoms with Crippen molar-refractivity contribution in [3.05, 3.63) is 127 Å². The molecule has 0 atom stereocenters. The maximum atomic E-state index is 5.87. The van der Waals surface area contributed by atoms with Crippen molar-refractivity contribution in [2.75, 3.05) is 12.8 Å². The van der Waals surface area contributed by atoms with E-state index in [4.69, 9.17) is 4.74 Å². The number of hydrogen-bond donors (Lipinski definition) is 0. The summed E-state index contributed by atoms with van der Waals surface area (Å²) in [6.07, 6.45) is 7.12. The molecule has 0 radical (unpaired) electrons. The normalized spacial score (nSPS) is 12.7. The molecular weight excluding hydrogens is 511 g/mol. The molecule has 0 amide bonds. The van der Waals surface area contributed by atoms with Gasteiger partial charge in [-0.25, -0.2) is 0 Å². The molecule has 0 saturated heterocycles. The molecule has 0 aromatic heterocycles. The molecule has 0 spiro atoms. The molecule has 0 aliphatic carbocycles. The first-order valence-corrected chi connectivity index (χ1v) is 17.2. The fourth-order valence-electron chi connectivity index (χ4n) is 4.96. The van der Waals surface area contributed by atoms with E-state index in [-0.39, 0.29) is 0 Å². The second-order valence-electron chi connectivity index (χ2n) is 9.22. The molecule has 1 nitrogen and oxygen atoms in total. The van der Waals surface area contributed by atoms with E-state index in [1.807, 2.05) is 6.07 Å². The van der Waals surface area contributed by atoms with E-state index in [1.54, 1.807) is 0 Å². The van der Waals surface area contributed by atoms with Crippen LogP contribution in [0.5, 0.6) is 0 Å². The third kappa shape index (κ3) is 6.12. The first kappa shape index (κ1) is 25.8. The van der Waals surface area contributed by atoms with E-state index < -0.39 is 5.31 Å². The van der Waals surface area contributed by atoms with Gasteiger partial charge in [0.1, 0.15) is 0 Å².